The summed E-state index contributed by atoms with van der Waals surface area (Å²) in [5, 5.41) is 5.63. The number of aromatic nitrogens is 3. The van der Waals surface area contributed by atoms with Crippen molar-refractivity contribution in [3.63, 3.8) is 0 Å². The van der Waals surface area contributed by atoms with E-state index in [-0.39, 0.29) is 36.6 Å². The minimum atomic E-state index is -1.17. The van der Waals surface area contributed by atoms with Crippen LogP contribution in [-0.4, -0.2) is 65.5 Å². The average Bonchev–Trinajstić information content (AvgIpc) is 3.85. The van der Waals surface area contributed by atoms with E-state index in [1.807, 2.05) is 19.9 Å². The fourth-order valence-corrected chi connectivity index (χ4v) is 7.99. The van der Waals surface area contributed by atoms with Crippen LogP contribution in [0.5, 0.6) is 0 Å². The monoisotopic (exact) mass is 708 g/mol. The van der Waals surface area contributed by atoms with Gasteiger partial charge in [-0.1, -0.05) is 33.4 Å². The molecule has 1 fully saturated rings. The van der Waals surface area contributed by atoms with Gasteiger partial charge in [-0.3, -0.25) is 9.59 Å². The summed E-state index contributed by atoms with van der Waals surface area (Å²) in [6.07, 6.45) is 10.9. The van der Waals surface area contributed by atoms with Gasteiger partial charge in [0.1, 0.15) is 18.3 Å². The maximum Gasteiger partial charge on any atom is 0.321 e. The molecule has 8 bridgehead atoms. The van der Waals surface area contributed by atoms with Crippen molar-refractivity contribution in [3.8, 4) is 0 Å². The fourth-order valence-electron chi connectivity index (χ4n) is 7.99. The van der Waals surface area contributed by atoms with Gasteiger partial charge in [0, 0.05) is 80.7 Å². The Balaban J connectivity index is 1.52. The molecule has 0 unspecified atom stereocenters. The van der Waals surface area contributed by atoms with Gasteiger partial charge in [-0.05, 0) is 87.4 Å². The number of esters is 1. The summed E-state index contributed by atoms with van der Waals surface area (Å²) in [4.78, 5) is 51.7. The summed E-state index contributed by atoms with van der Waals surface area (Å²) in [7, 11) is 0. The van der Waals surface area contributed by atoms with E-state index in [1.54, 1.807) is 6.92 Å². The maximum atomic E-state index is 14.5. The average molecular weight is 709 g/mol. The fraction of sp³-hybridized carbons (Fsp3) is 0.452. The first-order valence-corrected chi connectivity index (χ1v) is 18.6. The maximum absolute atomic E-state index is 14.5. The van der Waals surface area contributed by atoms with Crippen LogP contribution >= 0.6 is 0 Å². The number of ketones is 2. The lowest BCUT2D eigenvalue weighted by molar-refractivity contribution is -0.146. The minimum Gasteiger partial charge on any atom is -0.462 e. The van der Waals surface area contributed by atoms with Crippen LogP contribution in [0.15, 0.2) is 18.0 Å². The molecule has 52 heavy (non-hydrogen) atoms. The van der Waals surface area contributed by atoms with Gasteiger partial charge in [0.05, 0.1) is 25.5 Å². The van der Waals surface area contributed by atoms with E-state index in [0.717, 1.165) is 74.3 Å². The molecule has 3 aromatic rings. The first kappa shape index (κ1) is 37.1. The Labute approximate surface area is 305 Å². The van der Waals surface area contributed by atoms with Crippen LogP contribution in [0.1, 0.15) is 108 Å². The molecule has 0 saturated carbocycles. The van der Waals surface area contributed by atoms with Crippen molar-refractivity contribution in [2.45, 2.75) is 74.1 Å². The quantitative estimate of drug-likeness (QED) is 0.0980. The van der Waals surface area contributed by atoms with Gasteiger partial charge in [0.25, 0.3) is 0 Å². The standard InChI is InChI=1S/C42H52N4O6/c1-9-14-50-15-16-51-17-18-52-42(49)38-37-39-29(13-12-22(4)47)25(7)32(45-39)19-30-23(5)27(10-2)34(43-30)20-31-24(6)28(11-3)35(44-31)21-33-26(8)36(41(38)48)40(37)46-33/h10,19-21,25,29,38,43-46H,2,9,11-18H2,1,3-8H3/t25-,29-,38+/m0/s1. The molecular formula is C42H52N4O6. The van der Waals surface area contributed by atoms with E-state index in [4.69, 9.17) is 14.2 Å². The minimum absolute atomic E-state index is 0.0130. The molecule has 3 aliphatic rings. The molecule has 10 nitrogen and oxygen atoms in total. The van der Waals surface area contributed by atoms with E-state index < -0.39 is 11.9 Å². The van der Waals surface area contributed by atoms with Gasteiger partial charge >= 0.3 is 5.97 Å². The number of Topliss-reactive ketones (excluding diaryl/α,β-unsaturated/α-hetero) is 2. The molecular weight excluding hydrogens is 656 g/mol. The van der Waals surface area contributed by atoms with Crippen LogP contribution in [0.3, 0.4) is 0 Å². The molecule has 0 spiro atoms. The van der Waals surface area contributed by atoms with E-state index in [0.29, 0.717) is 49.5 Å². The highest BCUT2D eigenvalue weighted by Crippen LogP contribution is 2.48. The lowest BCUT2D eigenvalue weighted by Gasteiger charge is -2.20. The molecule has 6 rings (SSSR count). The van der Waals surface area contributed by atoms with Gasteiger partial charge in [-0.2, -0.15) is 0 Å². The highest BCUT2D eigenvalue weighted by Gasteiger charge is 2.48. The predicted molar refractivity (Wildman–Crippen MR) is 204 cm³/mol. The number of nitrogens with one attached hydrogen (secondary N) is 4. The zero-order valence-corrected chi connectivity index (χ0v) is 31.6. The summed E-state index contributed by atoms with van der Waals surface area (Å²) in [6.45, 7) is 19.9. The molecule has 1 saturated heterocycles. The third-order valence-corrected chi connectivity index (χ3v) is 10.9. The largest absolute Gasteiger partial charge is 0.462 e. The molecule has 3 atom stereocenters. The number of H-pyrrole nitrogens is 3. The second-order valence-corrected chi connectivity index (χ2v) is 14.2. The Morgan fingerprint density at radius 3 is 2.25 bits per heavy atom. The van der Waals surface area contributed by atoms with Crippen LogP contribution in [0.4, 0.5) is 0 Å². The summed E-state index contributed by atoms with van der Waals surface area (Å²) in [6, 6.07) is 0. The molecule has 5 heterocycles. The van der Waals surface area contributed by atoms with Crippen LogP contribution in [0, 0.1) is 38.5 Å². The summed E-state index contributed by atoms with van der Waals surface area (Å²) >= 11 is 0. The topological polar surface area (TPSA) is 138 Å². The first-order chi connectivity index (χ1) is 25.0. The lowest BCUT2D eigenvalue weighted by atomic mass is 9.84. The van der Waals surface area contributed by atoms with Crippen molar-refractivity contribution in [2.24, 2.45) is 17.8 Å². The van der Waals surface area contributed by atoms with Gasteiger partial charge < -0.3 is 39.3 Å². The van der Waals surface area contributed by atoms with Crippen molar-refractivity contribution < 1.29 is 28.6 Å². The number of carbonyl (C=O) groups is 3. The second kappa shape index (κ2) is 15.5. The highest BCUT2D eigenvalue weighted by molar-refractivity contribution is 6.24. The van der Waals surface area contributed by atoms with Gasteiger partial charge in [-0.25, -0.2) is 0 Å². The highest BCUT2D eigenvalue weighted by atomic mass is 16.6. The smallest absolute Gasteiger partial charge is 0.321 e. The van der Waals surface area contributed by atoms with Crippen molar-refractivity contribution in [2.75, 3.05) is 33.0 Å². The summed E-state index contributed by atoms with van der Waals surface area (Å²) in [5.74, 6) is -2.19. The van der Waals surface area contributed by atoms with E-state index in [1.165, 1.54) is 5.56 Å². The van der Waals surface area contributed by atoms with Crippen LogP contribution in [-0.2, 0) is 30.2 Å². The normalized spacial score (nSPS) is 18.9. The Bertz CT molecular complexity index is 2100. The molecule has 1 aliphatic carbocycles. The van der Waals surface area contributed by atoms with Crippen LogP contribution < -0.4 is 16.0 Å². The third kappa shape index (κ3) is 6.81. The molecule has 10 heteroatoms. The first-order valence-electron chi connectivity index (χ1n) is 18.6. The number of rotatable bonds is 14. The number of fused-ring (bicyclic) bond motifs is 7. The van der Waals surface area contributed by atoms with Crippen LogP contribution in [0.2, 0.25) is 0 Å². The SMILES string of the molecule is C=Cc1c2[nH]c(c1C)C=C1NC(=C3c4[nH]c(c(C)c4C(=O)[C@@H]3C(=O)OCCOCCOCCC)C=c3[nH]c(c(C)c3CC)=C2)[C@@H](CCC(C)=O)[C@@H]1C. The molecule has 2 aliphatic heterocycles. The predicted octanol–water partition coefficient (Wildman–Crippen LogP) is 5.55. The van der Waals surface area contributed by atoms with Gasteiger partial charge in [0.15, 0.2) is 5.78 Å². The van der Waals surface area contributed by atoms with Crippen molar-refractivity contribution in [3.05, 3.63) is 84.8 Å². The number of hydrogen-bond acceptors (Lipinski definition) is 7. The number of ether oxygens (including phenoxy) is 3. The number of hydrogen-bond donors (Lipinski definition) is 4. The molecule has 276 valence electrons. The second-order valence-electron chi connectivity index (χ2n) is 14.2. The molecule has 0 radical (unpaired) electrons. The summed E-state index contributed by atoms with van der Waals surface area (Å²) < 4.78 is 16.8. The van der Waals surface area contributed by atoms with Crippen molar-refractivity contribution in [1.29, 1.82) is 0 Å². The number of allylic oxidation sites excluding steroid dienone is 2. The zero-order chi connectivity index (χ0) is 37.3. The van der Waals surface area contributed by atoms with Gasteiger partial charge in [0.2, 0.25) is 0 Å². The number of carbonyl (C=O) groups excluding carboxylic acids is 3. The number of aromatic amines is 3. The van der Waals surface area contributed by atoms with Crippen LogP contribution in [0.25, 0.3) is 29.9 Å². The Kier molecular flexibility index (Phi) is 11.1. The van der Waals surface area contributed by atoms with E-state index in [2.05, 4.69) is 72.8 Å². The molecule has 4 N–H and O–H groups in total. The Morgan fingerprint density at radius 1 is 0.865 bits per heavy atom. The van der Waals surface area contributed by atoms with Gasteiger partial charge in [-0.15, -0.1) is 0 Å². The molecule has 0 amide bonds. The van der Waals surface area contributed by atoms with Crippen molar-refractivity contribution in [1.82, 2.24) is 20.3 Å². The third-order valence-electron chi connectivity index (χ3n) is 10.9. The van der Waals surface area contributed by atoms with E-state index >= 15 is 0 Å². The zero-order valence-electron chi connectivity index (χ0n) is 31.6. The van der Waals surface area contributed by atoms with Crippen molar-refractivity contribution >= 4 is 47.4 Å². The van der Waals surface area contributed by atoms with E-state index in [9.17, 15) is 14.4 Å². The summed E-state index contributed by atoms with van der Waals surface area (Å²) in [5.41, 5.74) is 11.3. The molecule has 0 aromatic carbocycles. The molecule has 3 aromatic heterocycles. The Morgan fingerprint density at radius 2 is 1.56 bits per heavy atom. The Hall–Kier alpha value is -4.67. The lowest BCUT2D eigenvalue weighted by Crippen LogP contribution is -2.27.